The Hall–Kier alpha value is -0.900. The Bertz CT molecular complexity index is 94.9. The molecule has 1 aliphatic rings. The monoisotopic (exact) mass is 113 g/mol. The van der Waals surface area contributed by atoms with Crippen molar-refractivity contribution in [1.82, 2.24) is 15.2 Å². The van der Waals surface area contributed by atoms with Crippen molar-refractivity contribution in [3.05, 3.63) is 12.7 Å². The smallest absolute Gasteiger partial charge is 0.137 e. The van der Waals surface area contributed by atoms with Crippen LogP contribution in [0.1, 0.15) is 0 Å². The summed E-state index contributed by atoms with van der Waals surface area (Å²) in [7, 11) is 0. The van der Waals surface area contributed by atoms with E-state index in [9.17, 15) is 0 Å². The fourth-order valence-electron chi connectivity index (χ4n) is 0.167. The predicted molar refractivity (Wildman–Crippen MR) is 27.2 cm³/mol. The first-order valence-electron chi connectivity index (χ1n) is 2.36. The van der Waals surface area contributed by atoms with E-state index < -0.39 is 0 Å². The lowest BCUT2D eigenvalue weighted by Gasteiger charge is -1.46. The molecule has 0 saturated carbocycles. The molecule has 1 aliphatic heterocycles. The van der Waals surface area contributed by atoms with Crippen molar-refractivity contribution >= 4 is 0 Å². The number of hydrogen-bond acceptors (Lipinski definition) is 3. The van der Waals surface area contributed by atoms with E-state index in [4.69, 9.17) is 0 Å². The van der Waals surface area contributed by atoms with Gasteiger partial charge in [-0.25, -0.2) is 4.98 Å². The second kappa shape index (κ2) is 3.15. The lowest BCUT2D eigenvalue weighted by molar-refractivity contribution is 0.475. The standard InChI is InChI=1S/C2H3N3.C2H4O/c1-3-2-5-4-1;1-2-3-1/h1-2H,(H,3,4,5);1-2H2. The summed E-state index contributed by atoms with van der Waals surface area (Å²) in [5.74, 6) is 0. The molecule has 1 aromatic heterocycles. The Morgan fingerprint density at radius 2 is 2.25 bits per heavy atom. The zero-order valence-corrected chi connectivity index (χ0v) is 4.37. The van der Waals surface area contributed by atoms with Gasteiger partial charge in [-0.1, -0.05) is 0 Å². The van der Waals surface area contributed by atoms with Crippen LogP contribution in [-0.2, 0) is 4.74 Å². The van der Waals surface area contributed by atoms with Gasteiger partial charge in [0, 0.05) is 0 Å². The summed E-state index contributed by atoms with van der Waals surface area (Å²) < 4.78 is 4.50. The summed E-state index contributed by atoms with van der Waals surface area (Å²) in [6.45, 7) is 2.00. The number of ether oxygens (including phenoxy) is 1. The summed E-state index contributed by atoms with van der Waals surface area (Å²) in [6, 6.07) is 0. The van der Waals surface area contributed by atoms with Crippen molar-refractivity contribution in [2.24, 2.45) is 0 Å². The number of nitrogens with zero attached hydrogens (tertiary/aromatic N) is 2. The topological polar surface area (TPSA) is 54.1 Å². The highest BCUT2D eigenvalue weighted by atomic mass is 16.6. The van der Waals surface area contributed by atoms with Crippen molar-refractivity contribution in [1.29, 1.82) is 0 Å². The number of aromatic nitrogens is 3. The second-order valence-electron chi connectivity index (χ2n) is 1.26. The molecule has 4 heteroatoms. The van der Waals surface area contributed by atoms with E-state index in [2.05, 4.69) is 19.9 Å². The number of rotatable bonds is 0. The molecule has 0 unspecified atom stereocenters. The van der Waals surface area contributed by atoms with Gasteiger partial charge in [-0.3, -0.25) is 5.10 Å². The van der Waals surface area contributed by atoms with Crippen LogP contribution in [0.25, 0.3) is 0 Å². The molecular formula is C4H7N3O. The van der Waals surface area contributed by atoms with Crippen molar-refractivity contribution in [2.45, 2.75) is 0 Å². The van der Waals surface area contributed by atoms with Crippen LogP contribution in [0.4, 0.5) is 0 Å². The van der Waals surface area contributed by atoms with Crippen LogP contribution in [0, 0.1) is 0 Å². The summed E-state index contributed by atoms with van der Waals surface area (Å²) in [6.07, 6.45) is 2.96. The Morgan fingerprint density at radius 3 is 2.38 bits per heavy atom. The van der Waals surface area contributed by atoms with Gasteiger partial charge >= 0.3 is 0 Å². The third kappa shape index (κ3) is 3.30. The average Bonchev–Trinajstić information content (AvgIpc) is 2.55. The molecule has 1 N–H and O–H groups in total. The molecule has 0 aromatic carbocycles. The molecule has 0 aliphatic carbocycles. The van der Waals surface area contributed by atoms with Crippen LogP contribution in [0.15, 0.2) is 12.7 Å². The van der Waals surface area contributed by atoms with Crippen molar-refractivity contribution in [3.63, 3.8) is 0 Å². The maximum absolute atomic E-state index is 4.50. The van der Waals surface area contributed by atoms with Gasteiger partial charge < -0.3 is 4.74 Å². The molecule has 0 amide bonds. The van der Waals surface area contributed by atoms with Gasteiger partial charge in [0.1, 0.15) is 12.7 Å². The van der Waals surface area contributed by atoms with Crippen molar-refractivity contribution < 1.29 is 4.74 Å². The lowest BCUT2D eigenvalue weighted by Crippen LogP contribution is -1.53. The van der Waals surface area contributed by atoms with Gasteiger partial charge in [0.2, 0.25) is 0 Å². The molecular weight excluding hydrogens is 106 g/mol. The van der Waals surface area contributed by atoms with Gasteiger partial charge in [-0.05, 0) is 0 Å². The quantitative estimate of drug-likeness (QED) is 0.475. The Kier molecular flexibility index (Phi) is 2.06. The van der Waals surface area contributed by atoms with Crippen molar-refractivity contribution in [3.8, 4) is 0 Å². The maximum Gasteiger partial charge on any atom is 0.137 e. The molecule has 44 valence electrons. The summed E-state index contributed by atoms with van der Waals surface area (Å²) in [5.41, 5.74) is 0. The first-order valence-corrected chi connectivity index (χ1v) is 2.36. The predicted octanol–water partition coefficient (Wildman–Crippen LogP) is -0.179. The van der Waals surface area contributed by atoms with E-state index in [1.807, 2.05) is 0 Å². The fraction of sp³-hybridized carbons (Fsp3) is 0.500. The number of epoxide rings is 1. The molecule has 2 rings (SSSR count). The fourth-order valence-corrected chi connectivity index (χ4v) is 0.167. The van der Waals surface area contributed by atoms with E-state index in [1.54, 1.807) is 0 Å². The number of H-pyrrole nitrogens is 1. The Morgan fingerprint density at radius 1 is 1.50 bits per heavy atom. The van der Waals surface area contributed by atoms with E-state index in [0.717, 1.165) is 13.2 Å². The van der Waals surface area contributed by atoms with Crippen LogP contribution in [0.3, 0.4) is 0 Å². The molecule has 0 atom stereocenters. The second-order valence-corrected chi connectivity index (χ2v) is 1.26. The summed E-state index contributed by atoms with van der Waals surface area (Å²) in [4.78, 5) is 3.56. The van der Waals surface area contributed by atoms with Gasteiger partial charge in [-0.15, -0.1) is 0 Å². The third-order valence-corrected chi connectivity index (χ3v) is 0.535. The minimum atomic E-state index is 1.00. The number of nitrogens with one attached hydrogen (secondary N) is 1. The van der Waals surface area contributed by atoms with E-state index in [1.165, 1.54) is 12.7 Å². The highest BCUT2D eigenvalue weighted by molar-refractivity contribution is 4.43. The molecule has 1 saturated heterocycles. The first-order chi connectivity index (χ1) is 4.00. The first kappa shape index (κ1) is 5.24. The average molecular weight is 113 g/mol. The minimum Gasteiger partial charge on any atom is -0.377 e. The Labute approximate surface area is 46.9 Å². The van der Waals surface area contributed by atoms with Crippen LogP contribution < -0.4 is 0 Å². The lowest BCUT2D eigenvalue weighted by atomic mass is 11.0. The van der Waals surface area contributed by atoms with Gasteiger partial charge in [0.05, 0.1) is 13.2 Å². The zero-order chi connectivity index (χ0) is 5.66. The molecule has 8 heavy (non-hydrogen) atoms. The molecule has 0 spiro atoms. The van der Waals surface area contributed by atoms with Gasteiger partial charge in [0.15, 0.2) is 0 Å². The molecule has 1 fully saturated rings. The maximum atomic E-state index is 4.50. The molecule has 0 radical (unpaired) electrons. The SMILES string of the molecule is C1CO1.c1nc[nH]n1. The van der Waals surface area contributed by atoms with E-state index in [-0.39, 0.29) is 0 Å². The summed E-state index contributed by atoms with van der Waals surface area (Å²) >= 11 is 0. The molecule has 1 aromatic rings. The minimum absolute atomic E-state index is 1.00. The number of hydrogen-bond donors (Lipinski definition) is 1. The highest BCUT2D eigenvalue weighted by Crippen LogP contribution is 1.84. The van der Waals surface area contributed by atoms with Gasteiger partial charge in [-0.2, -0.15) is 5.10 Å². The van der Waals surface area contributed by atoms with Crippen LogP contribution in [0.2, 0.25) is 0 Å². The molecule has 0 bridgehead atoms. The van der Waals surface area contributed by atoms with Crippen LogP contribution in [-0.4, -0.2) is 28.4 Å². The van der Waals surface area contributed by atoms with Crippen LogP contribution in [0.5, 0.6) is 0 Å². The van der Waals surface area contributed by atoms with Crippen molar-refractivity contribution in [2.75, 3.05) is 13.2 Å². The van der Waals surface area contributed by atoms with Crippen LogP contribution >= 0.6 is 0 Å². The van der Waals surface area contributed by atoms with E-state index >= 15 is 0 Å². The molecule has 2 heterocycles. The number of aromatic amines is 1. The third-order valence-electron chi connectivity index (χ3n) is 0.535. The van der Waals surface area contributed by atoms with E-state index in [0.29, 0.717) is 0 Å². The largest absolute Gasteiger partial charge is 0.377 e. The molecule has 4 nitrogen and oxygen atoms in total. The Balaban J connectivity index is 0.0000000907. The normalized spacial score (nSPS) is 14.0. The highest BCUT2D eigenvalue weighted by Gasteiger charge is 1.94. The summed E-state index contributed by atoms with van der Waals surface area (Å²) in [5, 5.41) is 5.99. The zero-order valence-electron chi connectivity index (χ0n) is 4.37. The van der Waals surface area contributed by atoms with Gasteiger partial charge in [0.25, 0.3) is 0 Å².